The molecule has 2 atom stereocenters. The largest absolute Gasteiger partial charge is 0.452 e. The summed E-state index contributed by atoms with van der Waals surface area (Å²) in [4.78, 5) is 14.1. The molecule has 48 heavy (non-hydrogen) atoms. The molecule has 0 aliphatic heterocycles. The number of carbonyl (C=O) groups excluding carboxylic acids is 1. The molecule has 0 aromatic carbocycles. The molecule has 0 saturated heterocycles. The molecule has 0 aliphatic rings. The van der Waals surface area contributed by atoms with Gasteiger partial charge in [0.25, 0.3) is 0 Å². The fourth-order valence-electron chi connectivity index (χ4n) is 5.55. The number of aliphatic hydroxyl groups is 3. The van der Waals surface area contributed by atoms with Crippen molar-refractivity contribution < 1.29 is 45.9 Å². The smallest absolute Gasteiger partial charge is 0.306 e. The summed E-state index contributed by atoms with van der Waals surface area (Å²) in [6.45, 7) is 13.4. The molecule has 6 nitrogen and oxygen atoms in total. The number of rotatable bonds is 33. The third kappa shape index (κ3) is 43.6. The number of hydrogen-bond donors (Lipinski definition) is 3. The van der Waals surface area contributed by atoms with Gasteiger partial charge in [-0.3, -0.25) is 4.79 Å². The monoisotopic (exact) mass is 851 g/mol. The van der Waals surface area contributed by atoms with E-state index in [0.717, 1.165) is 90.1 Å². The van der Waals surface area contributed by atoms with Gasteiger partial charge in [-0.05, 0) is 64.5 Å². The molecule has 0 heterocycles. The maximum atomic E-state index is 11.8. The van der Waals surface area contributed by atoms with Gasteiger partial charge < -0.3 is 31.9 Å². The van der Waals surface area contributed by atoms with E-state index in [1.165, 1.54) is 89.9 Å². The molecule has 0 aromatic heterocycles. The number of hydrogen-bond acceptors (Lipinski definition) is 6. The molecule has 286 valence electrons. The number of esters is 1. The molecular formula is C41H80NO5W-. The molecule has 0 aliphatic carbocycles. The number of nitrogens with zero attached hydrogens (tertiary/aromatic N) is 1. The van der Waals surface area contributed by atoms with Crippen molar-refractivity contribution in [3.63, 3.8) is 0 Å². The standard InChI is InChI=1S/C26H48NO4.C15H32O.W/c1-3-5-7-8-9-10-11-17-23-31-26(30)19-13-12-14-20-27(21-15-16-22-28)24-25(29)18-6-4-2;1-3-5-7-9-10-12-14-15(16)13-11-8-6-4-2;/h25,28-29H,2-10,12-16,18-24H2,1H3;15-16H,3-14H2,1-2H3;/q-1;;. The minimum atomic E-state index is -0.316. The Morgan fingerprint density at radius 2 is 1.15 bits per heavy atom. The third-order valence-corrected chi connectivity index (χ3v) is 8.61. The van der Waals surface area contributed by atoms with E-state index >= 15 is 0 Å². The Morgan fingerprint density at radius 3 is 1.73 bits per heavy atom. The van der Waals surface area contributed by atoms with Gasteiger partial charge >= 0.3 is 5.97 Å². The molecular weight excluding hydrogens is 770 g/mol. The van der Waals surface area contributed by atoms with Crippen LogP contribution in [0, 0.1) is 18.8 Å². The zero-order valence-corrected chi connectivity index (χ0v) is 34.9. The van der Waals surface area contributed by atoms with Gasteiger partial charge in [0.15, 0.2) is 6.61 Å². The van der Waals surface area contributed by atoms with Crippen molar-refractivity contribution in [1.29, 1.82) is 0 Å². The summed E-state index contributed by atoms with van der Waals surface area (Å²) in [6, 6.07) is 0. The zero-order chi connectivity index (χ0) is 35.1. The van der Waals surface area contributed by atoms with E-state index in [1.807, 2.05) is 0 Å². The van der Waals surface area contributed by atoms with Crippen molar-refractivity contribution in [1.82, 2.24) is 4.90 Å². The van der Waals surface area contributed by atoms with Gasteiger partial charge in [0.2, 0.25) is 0 Å². The van der Waals surface area contributed by atoms with E-state index < -0.39 is 0 Å². The summed E-state index contributed by atoms with van der Waals surface area (Å²) in [5.41, 5.74) is 0. The number of unbranched alkanes of at least 4 members (excludes halogenated alkanes) is 17. The predicted octanol–water partition coefficient (Wildman–Crippen LogP) is 9.96. The van der Waals surface area contributed by atoms with Gasteiger partial charge in [0.1, 0.15) is 0 Å². The van der Waals surface area contributed by atoms with Crippen LogP contribution in [-0.2, 0) is 30.6 Å². The summed E-state index contributed by atoms with van der Waals surface area (Å²) < 4.78 is 5.19. The van der Waals surface area contributed by atoms with E-state index in [1.54, 1.807) is 0 Å². The van der Waals surface area contributed by atoms with Crippen molar-refractivity contribution in [2.45, 2.75) is 206 Å². The Bertz CT molecular complexity index is 683. The Morgan fingerprint density at radius 1 is 0.646 bits per heavy atom. The first-order valence-corrected chi connectivity index (χ1v) is 20.0. The van der Waals surface area contributed by atoms with Crippen molar-refractivity contribution in [2.24, 2.45) is 0 Å². The van der Waals surface area contributed by atoms with E-state index in [0.29, 0.717) is 13.0 Å². The number of carbonyl (C=O) groups is 1. The van der Waals surface area contributed by atoms with Gasteiger partial charge in [0, 0.05) is 47.1 Å². The topological polar surface area (TPSA) is 90.2 Å². The van der Waals surface area contributed by atoms with Gasteiger partial charge in [-0.2, -0.15) is 6.42 Å². The summed E-state index contributed by atoms with van der Waals surface area (Å²) >= 11 is 0. The second-order valence-electron chi connectivity index (χ2n) is 13.4. The molecule has 3 N–H and O–H groups in total. The van der Waals surface area contributed by atoms with E-state index in [4.69, 9.17) is 9.84 Å². The first-order valence-electron chi connectivity index (χ1n) is 20.0. The Hall–Kier alpha value is -0.442. The van der Waals surface area contributed by atoms with Gasteiger partial charge in [0.05, 0.1) is 12.2 Å². The Labute approximate surface area is 313 Å². The van der Waals surface area contributed by atoms with Crippen LogP contribution in [0.4, 0.5) is 0 Å². The molecule has 0 saturated carbocycles. The maximum Gasteiger partial charge on any atom is 0.306 e. The van der Waals surface area contributed by atoms with Crippen molar-refractivity contribution in [2.75, 3.05) is 32.8 Å². The number of aliphatic hydroxyl groups excluding tert-OH is 3. The van der Waals surface area contributed by atoms with Crippen molar-refractivity contribution in [3.05, 3.63) is 6.92 Å². The molecule has 0 aromatic rings. The van der Waals surface area contributed by atoms with E-state index in [2.05, 4.69) is 44.4 Å². The fourth-order valence-corrected chi connectivity index (χ4v) is 5.55. The van der Waals surface area contributed by atoms with Crippen molar-refractivity contribution in [3.8, 4) is 11.8 Å². The predicted molar refractivity (Wildman–Crippen MR) is 201 cm³/mol. The SMILES string of the molecule is CCCCCCCCC(O)CCCCCC.[CH2-]CCCC(O)CN(CCCCO)CCCCCC(=O)OCC#CCCCCCCC.[W]. The third-order valence-electron chi connectivity index (χ3n) is 8.61. The van der Waals surface area contributed by atoms with Crippen LogP contribution in [0.5, 0.6) is 0 Å². The molecule has 0 rings (SSSR count). The van der Waals surface area contributed by atoms with Crippen LogP contribution in [0.25, 0.3) is 0 Å². The van der Waals surface area contributed by atoms with Crippen LogP contribution < -0.4 is 0 Å². The Balaban J connectivity index is -0.00000101. The van der Waals surface area contributed by atoms with Gasteiger partial charge in [-0.1, -0.05) is 135 Å². The van der Waals surface area contributed by atoms with Gasteiger partial charge in [-0.25, -0.2) is 0 Å². The second kappa shape index (κ2) is 44.6. The summed E-state index contributed by atoms with van der Waals surface area (Å²) in [5, 5.41) is 28.9. The van der Waals surface area contributed by atoms with Crippen LogP contribution in [0.2, 0.25) is 0 Å². The minimum Gasteiger partial charge on any atom is -0.452 e. The summed E-state index contributed by atoms with van der Waals surface area (Å²) in [5.74, 6) is 5.85. The molecule has 0 fully saturated rings. The van der Waals surface area contributed by atoms with Gasteiger partial charge in [-0.15, -0.1) is 0 Å². The van der Waals surface area contributed by atoms with Crippen LogP contribution in [0.15, 0.2) is 0 Å². The summed E-state index contributed by atoms with van der Waals surface area (Å²) in [7, 11) is 0. The van der Waals surface area contributed by atoms with E-state index in [-0.39, 0.29) is 52.5 Å². The zero-order valence-electron chi connectivity index (χ0n) is 32.0. The molecule has 0 radical (unpaired) electrons. The average Bonchev–Trinajstić information content (AvgIpc) is 3.06. The van der Waals surface area contributed by atoms with Crippen molar-refractivity contribution >= 4 is 5.97 Å². The molecule has 0 spiro atoms. The minimum absolute atomic E-state index is 0. The molecule has 0 amide bonds. The average molecular weight is 851 g/mol. The quantitative estimate of drug-likeness (QED) is 0.0264. The molecule has 2 unspecified atom stereocenters. The van der Waals surface area contributed by atoms with Crippen LogP contribution in [-0.4, -0.2) is 71.2 Å². The normalized spacial score (nSPS) is 12.0. The summed E-state index contributed by atoms with van der Waals surface area (Å²) in [6.07, 6.45) is 29.4. The second-order valence-corrected chi connectivity index (χ2v) is 13.4. The van der Waals surface area contributed by atoms with E-state index in [9.17, 15) is 15.0 Å². The molecule has 7 heteroatoms. The first-order chi connectivity index (χ1) is 22.9. The van der Waals surface area contributed by atoms with Crippen LogP contribution >= 0.6 is 0 Å². The van der Waals surface area contributed by atoms with Crippen LogP contribution in [0.3, 0.4) is 0 Å². The fraction of sp³-hybridized carbons (Fsp3) is 0.902. The first kappa shape index (κ1) is 51.9. The Kier molecular flexibility index (Phi) is 48.2. The molecule has 0 bridgehead atoms. The maximum absolute atomic E-state index is 11.8. The van der Waals surface area contributed by atoms with Crippen LogP contribution in [0.1, 0.15) is 194 Å². The number of ether oxygens (including phenoxy) is 1.